The molecule has 0 heterocycles. The summed E-state index contributed by atoms with van der Waals surface area (Å²) < 4.78 is 0.0463. The van der Waals surface area contributed by atoms with Gasteiger partial charge in [0.2, 0.25) is 0 Å². The third-order valence-corrected chi connectivity index (χ3v) is 1.03. The van der Waals surface area contributed by atoms with Gasteiger partial charge in [-0.05, 0) is 0 Å². The summed E-state index contributed by atoms with van der Waals surface area (Å²) in [6.07, 6.45) is 0. The predicted octanol–water partition coefficient (Wildman–Crippen LogP) is -3.70. The number of rotatable bonds is 1. The molecule has 0 aliphatic rings. The van der Waals surface area contributed by atoms with E-state index in [1.54, 1.807) is 6.07 Å². The molecule has 0 spiro atoms. The van der Waals surface area contributed by atoms with Crippen LogP contribution in [0.1, 0.15) is 0 Å². The SMILES string of the molecule is N#CC(C(N)=O)=C(S)S.O.O.O.[NaH].[NaH]. The molecule has 0 rings (SSSR count). The molecule has 0 aromatic rings. The maximum atomic E-state index is 10.2. The Hall–Kier alpha value is 1.28. The van der Waals surface area contributed by atoms with Crippen molar-refractivity contribution in [3.8, 4) is 6.07 Å². The van der Waals surface area contributed by atoms with Gasteiger partial charge in [0.1, 0.15) is 11.6 Å². The molecular formula is C4H12N2Na2O4S2. The molecule has 0 aliphatic heterocycles. The average molecular weight is 262 g/mol. The van der Waals surface area contributed by atoms with Crippen LogP contribution in [0.25, 0.3) is 0 Å². The Morgan fingerprint density at radius 3 is 1.43 bits per heavy atom. The second-order valence-corrected chi connectivity index (χ2v) is 2.42. The fourth-order valence-electron chi connectivity index (χ4n) is 0.215. The van der Waals surface area contributed by atoms with Gasteiger partial charge in [0.05, 0.1) is 4.24 Å². The first-order valence-electron chi connectivity index (χ1n) is 1.91. The molecule has 0 bridgehead atoms. The second-order valence-electron chi connectivity index (χ2n) is 1.17. The molecule has 0 saturated heterocycles. The fourth-order valence-corrected chi connectivity index (χ4v) is 0.536. The van der Waals surface area contributed by atoms with E-state index in [1.165, 1.54) is 0 Å². The van der Waals surface area contributed by atoms with E-state index in [4.69, 9.17) is 11.0 Å². The van der Waals surface area contributed by atoms with Crippen LogP contribution < -0.4 is 5.73 Å². The number of thiol groups is 2. The fraction of sp³-hybridized carbons (Fsp3) is 0. The zero-order valence-corrected chi connectivity index (χ0v) is 7.62. The van der Waals surface area contributed by atoms with Crippen molar-refractivity contribution in [3.63, 3.8) is 0 Å². The van der Waals surface area contributed by atoms with Crippen molar-refractivity contribution in [2.75, 3.05) is 0 Å². The molecule has 0 fully saturated rings. The molecule has 1 amide bonds. The first-order chi connectivity index (χ1) is 4.09. The van der Waals surface area contributed by atoms with E-state index in [-0.39, 0.29) is 85.4 Å². The summed E-state index contributed by atoms with van der Waals surface area (Å²) in [6, 6.07) is 1.55. The third kappa shape index (κ3) is 15.7. The molecule has 0 radical (unpaired) electrons. The van der Waals surface area contributed by atoms with Crippen LogP contribution in [0.2, 0.25) is 0 Å². The number of nitrogens with zero attached hydrogens (tertiary/aromatic N) is 1. The monoisotopic (exact) mass is 262 g/mol. The zero-order chi connectivity index (χ0) is 7.44. The van der Waals surface area contributed by atoms with Crippen molar-refractivity contribution < 1.29 is 21.2 Å². The third-order valence-electron chi connectivity index (χ3n) is 0.582. The first kappa shape index (κ1) is 36.2. The number of carbonyl (C=O) groups is 1. The van der Waals surface area contributed by atoms with E-state index in [2.05, 4.69) is 25.3 Å². The Morgan fingerprint density at radius 2 is 1.43 bits per heavy atom. The summed E-state index contributed by atoms with van der Waals surface area (Å²) in [7, 11) is 0. The van der Waals surface area contributed by atoms with Crippen LogP contribution in [0.4, 0.5) is 0 Å². The van der Waals surface area contributed by atoms with Gasteiger partial charge in [0.25, 0.3) is 5.91 Å². The van der Waals surface area contributed by atoms with Crippen LogP contribution in [-0.2, 0) is 4.79 Å². The quantitative estimate of drug-likeness (QED) is 0.192. The average Bonchev–Trinajstić information content (AvgIpc) is 1.64. The number of hydrogen-bond donors (Lipinski definition) is 3. The van der Waals surface area contributed by atoms with Crippen molar-refractivity contribution in [1.82, 2.24) is 0 Å². The Balaban J connectivity index is -0.0000000320. The van der Waals surface area contributed by atoms with Gasteiger partial charge in [0.15, 0.2) is 0 Å². The molecule has 10 heteroatoms. The van der Waals surface area contributed by atoms with Gasteiger partial charge in [-0.3, -0.25) is 4.79 Å². The van der Waals surface area contributed by atoms with Gasteiger partial charge in [-0.2, -0.15) is 5.26 Å². The first-order valence-corrected chi connectivity index (χ1v) is 2.81. The van der Waals surface area contributed by atoms with Crippen LogP contribution in [0.3, 0.4) is 0 Å². The number of nitriles is 1. The van der Waals surface area contributed by atoms with Gasteiger partial charge >= 0.3 is 59.1 Å². The van der Waals surface area contributed by atoms with Crippen LogP contribution >= 0.6 is 25.3 Å². The normalized spacial score (nSPS) is 4.93. The molecule has 0 aromatic heterocycles. The number of carbonyl (C=O) groups excluding carboxylic acids is 1. The van der Waals surface area contributed by atoms with Gasteiger partial charge in [0, 0.05) is 0 Å². The Labute approximate surface area is 137 Å². The van der Waals surface area contributed by atoms with Gasteiger partial charge in [-0.1, -0.05) is 0 Å². The Kier molecular flexibility index (Phi) is 51.2. The predicted molar refractivity (Wildman–Crippen MR) is 64.9 cm³/mol. The van der Waals surface area contributed by atoms with Crippen LogP contribution in [-0.4, -0.2) is 81.5 Å². The summed E-state index contributed by atoms with van der Waals surface area (Å²) in [6.45, 7) is 0. The van der Waals surface area contributed by atoms with E-state index in [9.17, 15) is 4.79 Å². The maximum absolute atomic E-state index is 10.2. The van der Waals surface area contributed by atoms with Crippen LogP contribution in [0.15, 0.2) is 9.81 Å². The van der Waals surface area contributed by atoms with Crippen LogP contribution in [0.5, 0.6) is 0 Å². The Morgan fingerprint density at radius 1 is 1.14 bits per heavy atom. The minimum atomic E-state index is -0.808. The van der Waals surface area contributed by atoms with E-state index < -0.39 is 5.91 Å². The summed E-state index contributed by atoms with van der Waals surface area (Å²) in [5.41, 5.74) is 4.51. The van der Waals surface area contributed by atoms with Gasteiger partial charge < -0.3 is 22.2 Å². The van der Waals surface area contributed by atoms with E-state index in [1.807, 2.05) is 0 Å². The second kappa shape index (κ2) is 19.8. The van der Waals surface area contributed by atoms with Gasteiger partial charge in [-0.15, -0.1) is 25.3 Å². The van der Waals surface area contributed by atoms with E-state index in [0.717, 1.165) is 0 Å². The number of hydrogen-bond acceptors (Lipinski definition) is 4. The van der Waals surface area contributed by atoms with Crippen LogP contribution in [0, 0.1) is 11.3 Å². The Bertz CT molecular complexity index is 214. The topological polar surface area (TPSA) is 161 Å². The molecular weight excluding hydrogens is 250 g/mol. The van der Waals surface area contributed by atoms with Gasteiger partial charge in [-0.25, -0.2) is 0 Å². The molecule has 0 saturated carbocycles. The van der Waals surface area contributed by atoms with Crippen molar-refractivity contribution >= 4 is 90.3 Å². The van der Waals surface area contributed by atoms with Crippen molar-refractivity contribution in [2.24, 2.45) is 5.73 Å². The molecule has 0 aliphatic carbocycles. The van der Waals surface area contributed by atoms with Crippen molar-refractivity contribution in [3.05, 3.63) is 9.81 Å². The number of amides is 1. The summed E-state index contributed by atoms with van der Waals surface area (Å²) in [5.74, 6) is -0.808. The van der Waals surface area contributed by atoms with Crippen molar-refractivity contribution in [1.29, 1.82) is 5.26 Å². The standard InChI is InChI=1S/C4H4N2OS2.2Na.3H2O.2H/c5-1-2(3(6)7)4(8)9;;;;;;;/h8-9H,(H2,6,7);;;3*1H2;;. The molecule has 14 heavy (non-hydrogen) atoms. The van der Waals surface area contributed by atoms with E-state index >= 15 is 0 Å². The molecule has 0 unspecified atom stereocenters. The number of nitrogens with two attached hydrogens (primary N) is 1. The summed E-state index contributed by atoms with van der Waals surface area (Å²) in [4.78, 5) is 10.2. The summed E-state index contributed by atoms with van der Waals surface area (Å²) >= 11 is 7.27. The zero-order valence-electron chi connectivity index (χ0n) is 5.83. The van der Waals surface area contributed by atoms with E-state index in [0.29, 0.717) is 0 Å². The molecule has 8 N–H and O–H groups in total. The molecule has 6 nitrogen and oxygen atoms in total. The number of primary amides is 1. The molecule has 0 atom stereocenters. The minimum absolute atomic E-state index is 0. The molecule has 0 aromatic carbocycles. The summed E-state index contributed by atoms with van der Waals surface area (Å²) in [5, 5.41) is 8.16. The van der Waals surface area contributed by atoms with Crippen molar-refractivity contribution in [2.45, 2.75) is 0 Å². The molecule has 76 valence electrons.